The molecule has 0 bridgehead atoms. The van der Waals surface area contributed by atoms with Crippen LogP contribution in [0.4, 0.5) is 16.2 Å². The lowest BCUT2D eigenvalue weighted by molar-refractivity contribution is 0.147. The fourth-order valence-electron chi connectivity index (χ4n) is 1.05. The Morgan fingerprint density at radius 2 is 2.25 bits per heavy atom. The minimum atomic E-state index is -0.550. The molecular formula is C11H16N2O3. The first-order chi connectivity index (χ1) is 7.49. The van der Waals surface area contributed by atoms with E-state index in [2.05, 4.69) is 5.32 Å². The van der Waals surface area contributed by atoms with Crippen LogP contribution in [0.5, 0.6) is 5.75 Å². The summed E-state index contributed by atoms with van der Waals surface area (Å²) in [5.74, 6) is 0.335. The van der Waals surface area contributed by atoms with Gasteiger partial charge < -0.3 is 15.6 Å². The van der Waals surface area contributed by atoms with Gasteiger partial charge in [0.25, 0.3) is 0 Å². The van der Waals surface area contributed by atoms with Gasteiger partial charge in [0.1, 0.15) is 5.75 Å². The minimum Gasteiger partial charge on any atom is -0.508 e. The number of anilines is 2. The fourth-order valence-corrected chi connectivity index (χ4v) is 1.05. The lowest BCUT2D eigenvalue weighted by atomic mass is 10.2. The summed E-state index contributed by atoms with van der Waals surface area (Å²) >= 11 is 0. The average molecular weight is 224 g/mol. The Morgan fingerprint density at radius 3 is 2.81 bits per heavy atom. The van der Waals surface area contributed by atoms with Crippen molar-refractivity contribution in [1.29, 1.82) is 0 Å². The number of phenolic OH excluding ortho intramolecular Hbond substituents is 1. The number of rotatable bonds is 3. The molecule has 0 radical (unpaired) electrons. The lowest BCUT2D eigenvalue weighted by Gasteiger charge is -2.10. The summed E-state index contributed by atoms with van der Waals surface area (Å²) in [5.41, 5.74) is 6.31. The van der Waals surface area contributed by atoms with Crippen molar-refractivity contribution in [3.63, 3.8) is 0 Å². The average Bonchev–Trinajstić information content (AvgIpc) is 2.19. The lowest BCUT2D eigenvalue weighted by Crippen LogP contribution is -2.17. The van der Waals surface area contributed by atoms with E-state index >= 15 is 0 Å². The quantitative estimate of drug-likeness (QED) is 0.542. The zero-order valence-electron chi connectivity index (χ0n) is 9.36. The second-order valence-corrected chi connectivity index (χ2v) is 3.89. The molecule has 5 heteroatoms. The normalized spacial score (nSPS) is 10.2. The topological polar surface area (TPSA) is 84.6 Å². The molecule has 16 heavy (non-hydrogen) atoms. The monoisotopic (exact) mass is 224 g/mol. The van der Waals surface area contributed by atoms with Crippen LogP contribution in [-0.2, 0) is 4.74 Å². The van der Waals surface area contributed by atoms with Crippen LogP contribution in [-0.4, -0.2) is 17.8 Å². The maximum absolute atomic E-state index is 11.3. The first-order valence-electron chi connectivity index (χ1n) is 5.01. The van der Waals surface area contributed by atoms with Crippen LogP contribution in [0.3, 0.4) is 0 Å². The number of hydrogen-bond donors (Lipinski definition) is 3. The van der Waals surface area contributed by atoms with E-state index in [1.807, 2.05) is 13.8 Å². The molecule has 1 aromatic carbocycles. The second-order valence-electron chi connectivity index (χ2n) is 3.89. The predicted molar refractivity (Wildman–Crippen MR) is 62.3 cm³/mol. The van der Waals surface area contributed by atoms with Crippen molar-refractivity contribution < 1.29 is 14.6 Å². The van der Waals surface area contributed by atoms with Gasteiger partial charge in [-0.2, -0.15) is 0 Å². The molecule has 0 fully saturated rings. The molecule has 0 spiro atoms. The number of aromatic hydroxyl groups is 1. The SMILES string of the molecule is CC(C)COC(=O)Nc1ccc(O)cc1N. The van der Waals surface area contributed by atoms with E-state index in [-0.39, 0.29) is 11.7 Å². The standard InChI is InChI=1S/C11H16N2O3/c1-7(2)6-16-11(15)13-10-4-3-8(14)5-9(10)12/h3-5,7,14H,6,12H2,1-2H3,(H,13,15). The molecule has 0 aliphatic heterocycles. The number of nitrogens with one attached hydrogen (secondary N) is 1. The highest BCUT2D eigenvalue weighted by Gasteiger charge is 2.07. The van der Waals surface area contributed by atoms with Gasteiger partial charge in [-0.05, 0) is 18.1 Å². The molecule has 0 unspecified atom stereocenters. The van der Waals surface area contributed by atoms with Crippen molar-refractivity contribution >= 4 is 17.5 Å². The molecule has 0 atom stereocenters. The first kappa shape index (κ1) is 12.2. The number of carbonyl (C=O) groups excluding carboxylic acids is 1. The molecule has 0 heterocycles. The van der Waals surface area contributed by atoms with Crippen LogP contribution in [0.25, 0.3) is 0 Å². The van der Waals surface area contributed by atoms with E-state index in [0.717, 1.165) is 0 Å². The van der Waals surface area contributed by atoms with E-state index in [0.29, 0.717) is 18.0 Å². The number of nitrogens with two attached hydrogens (primary N) is 1. The van der Waals surface area contributed by atoms with Crippen molar-refractivity contribution in [3.8, 4) is 5.75 Å². The number of hydrogen-bond acceptors (Lipinski definition) is 4. The number of carbonyl (C=O) groups is 1. The molecular weight excluding hydrogens is 208 g/mol. The smallest absolute Gasteiger partial charge is 0.411 e. The third-order valence-electron chi connectivity index (χ3n) is 1.82. The zero-order valence-corrected chi connectivity index (χ0v) is 9.36. The number of ether oxygens (including phenoxy) is 1. The zero-order chi connectivity index (χ0) is 12.1. The number of phenols is 1. The Morgan fingerprint density at radius 1 is 1.56 bits per heavy atom. The third kappa shape index (κ3) is 3.68. The third-order valence-corrected chi connectivity index (χ3v) is 1.82. The van der Waals surface area contributed by atoms with Gasteiger partial charge in [-0.1, -0.05) is 13.8 Å². The summed E-state index contributed by atoms with van der Waals surface area (Å²) in [6.07, 6.45) is -0.550. The molecule has 0 aliphatic rings. The Balaban J connectivity index is 2.56. The highest BCUT2D eigenvalue weighted by Crippen LogP contribution is 2.23. The molecule has 5 nitrogen and oxygen atoms in total. The summed E-state index contributed by atoms with van der Waals surface area (Å²) in [7, 11) is 0. The largest absolute Gasteiger partial charge is 0.508 e. The van der Waals surface area contributed by atoms with Gasteiger partial charge in [0.05, 0.1) is 18.0 Å². The molecule has 0 aliphatic carbocycles. The van der Waals surface area contributed by atoms with Crippen LogP contribution in [0.2, 0.25) is 0 Å². The van der Waals surface area contributed by atoms with Gasteiger partial charge in [-0.3, -0.25) is 5.32 Å². The summed E-state index contributed by atoms with van der Waals surface area (Å²) in [5, 5.41) is 11.6. The highest BCUT2D eigenvalue weighted by atomic mass is 16.5. The minimum absolute atomic E-state index is 0.0543. The van der Waals surface area contributed by atoms with Crippen LogP contribution in [0.15, 0.2) is 18.2 Å². The second kappa shape index (κ2) is 5.25. The first-order valence-corrected chi connectivity index (χ1v) is 5.01. The van der Waals surface area contributed by atoms with Gasteiger partial charge >= 0.3 is 6.09 Å². The summed E-state index contributed by atoms with van der Waals surface area (Å²) < 4.78 is 4.92. The molecule has 0 aromatic heterocycles. The van der Waals surface area contributed by atoms with E-state index < -0.39 is 6.09 Å². The van der Waals surface area contributed by atoms with Crippen LogP contribution < -0.4 is 11.1 Å². The fraction of sp³-hybridized carbons (Fsp3) is 0.364. The maximum Gasteiger partial charge on any atom is 0.411 e. The van der Waals surface area contributed by atoms with Crippen molar-refractivity contribution in [2.24, 2.45) is 5.92 Å². The number of benzene rings is 1. The Hall–Kier alpha value is -1.91. The van der Waals surface area contributed by atoms with E-state index in [1.165, 1.54) is 18.2 Å². The Labute approximate surface area is 94.2 Å². The highest BCUT2D eigenvalue weighted by molar-refractivity contribution is 5.89. The number of nitrogen functional groups attached to an aromatic ring is 1. The van der Waals surface area contributed by atoms with E-state index in [9.17, 15) is 4.79 Å². The van der Waals surface area contributed by atoms with Gasteiger partial charge in [-0.15, -0.1) is 0 Å². The number of amides is 1. The molecule has 4 N–H and O–H groups in total. The summed E-state index contributed by atoms with van der Waals surface area (Å²) in [6, 6.07) is 4.31. The summed E-state index contributed by atoms with van der Waals surface area (Å²) in [4.78, 5) is 11.3. The van der Waals surface area contributed by atoms with Crippen LogP contribution >= 0.6 is 0 Å². The van der Waals surface area contributed by atoms with Gasteiger partial charge in [-0.25, -0.2) is 4.79 Å². The van der Waals surface area contributed by atoms with Crippen molar-refractivity contribution in [2.75, 3.05) is 17.7 Å². The molecule has 1 aromatic rings. The molecule has 1 amide bonds. The van der Waals surface area contributed by atoms with E-state index in [1.54, 1.807) is 0 Å². The molecule has 88 valence electrons. The molecule has 0 saturated heterocycles. The predicted octanol–water partition coefficient (Wildman–Crippen LogP) is 2.18. The summed E-state index contributed by atoms with van der Waals surface area (Å²) in [6.45, 7) is 4.24. The van der Waals surface area contributed by atoms with Crippen molar-refractivity contribution in [1.82, 2.24) is 0 Å². The van der Waals surface area contributed by atoms with E-state index in [4.69, 9.17) is 15.6 Å². The molecule has 0 saturated carbocycles. The van der Waals surface area contributed by atoms with Gasteiger partial charge in [0, 0.05) is 6.07 Å². The van der Waals surface area contributed by atoms with Crippen molar-refractivity contribution in [3.05, 3.63) is 18.2 Å². The van der Waals surface area contributed by atoms with Crippen LogP contribution in [0.1, 0.15) is 13.8 Å². The van der Waals surface area contributed by atoms with Gasteiger partial charge in [0.15, 0.2) is 0 Å². The Bertz CT molecular complexity index is 377. The van der Waals surface area contributed by atoms with Crippen molar-refractivity contribution in [2.45, 2.75) is 13.8 Å². The maximum atomic E-state index is 11.3. The van der Waals surface area contributed by atoms with Crippen LogP contribution in [0, 0.1) is 5.92 Å². The van der Waals surface area contributed by atoms with Gasteiger partial charge in [0.2, 0.25) is 0 Å². The molecule has 1 rings (SSSR count). The Kier molecular flexibility index (Phi) is 3.99.